The van der Waals surface area contributed by atoms with Crippen LogP contribution in [0.3, 0.4) is 0 Å². The van der Waals surface area contributed by atoms with Crippen LogP contribution in [-0.2, 0) is 6.54 Å². The Kier molecular flexibility index (Phi) is 5.14. The summed E-state index contributed by atoms with van der Waals surface area (Å²) in [7, 11) is 1.81. The molecule has 0 spiro atoms. The third kappa shape index (κ3) is 4.07. The molecule has 1 aromatic heterocycles. The van der Waals surface area contributed by atoms with Crippen molar-refractivity contribution in [3.8, 4) is 5.69 Å². The average molecular weight is 334 g/mol. The minimum Gasteiger partial charge on any atom is -0.334 e. The monoisotopic (exact) mass is 334 g/mol. The highest BCUT2D eigenvalue weighted by molar-refractivity contribution is 5.74. The van der Waals surface area contributed by atoms with E-state index < -0.39 is 0 Å². The first-order valence-electron chi connectivity index (χ1n) is 8.29. The molecule has 5 heteroatoms. The molecule has 0 unspecified atom stereocenters. The Morgan fingerprint density at radius 3 is 2.44 bits per heavy atom. The SMILES string of the molecule is C[C@@H](c1ccccc1)N(C)C(=O)NCc1cnn(-c2ccccc2)c1. The van der Waals surface area contributed by atoms with E-state index in [2.05, 4.69) is 10.4 Å². The molecule has 0 fully saturated rings. The highest BCUT2D eigenvalue weighted by Gasteiger charge is 2.16. The molecule has 2 aromatic carbocycles. The molecule has 0 aliphatic carbocycles. The van der Waals surface area contributed by atoms with E-state index in [0.717, 1.165) is 16.8 Å². The van der Waals surface area contributed by atoms with E-state index in [9.17, 15) is 4.79 Å². The van der Waals surface area contributed by atoms with Gasteiger partial charge < -0.3 is 10.2 Å². The maximum absolute atomic E-state index is 12.4. The normalized spacial score (nSPS) is 11.8. The fraction of sp³-hybridized carbons (Fsp3) is 0.200. The molecule has 0 radical (unpaired) electrons. The van der Waals surface area contributed by atoms with Gasteiger partial charge in [0.15, 0.2) is 0 Å². The maximum atomic E-state index is 12.4. The van der Waals surface area contributed by atoms with Gasteiger partial charge in [0.2, 0.25) is 0 Å². The maximum Gasteiger partial charge on any atom is 0.317 e. The van der Waals surface area contributed by atoms with Crippen molar-refractivity contribution in [2.75, 3.05) is 7.05 Å². The summed E-state index contributed by atoms with van der Waals surface area (Å²) < 4.78 is 1.80. The van der Waals surface area contributed by atoms with Gasteiger partial charge in [-0.15, -0.1) is 0 Å². The van der Waals surface area contributed by atoms with Crippen molar-refractivity contribution in [3.63, 3.8) is 0 Å². The molecule has 2 amide bonds. The lowest BCUT2D eigenvalue weighted by molar-refractivity contribution is 0.194. The van der Waals surface area contributed by atoms with E-state index in [4.69, 9.17) is 0 Å². The van der Waals surface area contributed by atoms with Crippen molar-refractivity contribution in [1.82, 2.24) is 20.0 Å². The molecule has 1 heterocycles. The quantitative estimate of drug-likeness (QED) is 0.772. The van der Waals surface area contributed by atoms with E-state index in [1.54, 1.807) is 22.8 Å². The summed E-state index contributed by atoms with van der Waals surface area (Å²) in [5.41, 5.74) is 3.06. The third-order valence-corrected chi connectivity index (χ3v) is 4.28. The summed E-state index contributed by atoms with van der Waals surface area (Å²) in [6.07, 6.45) is 3.70. The van der Waals surface area contributed by atoms with Crippen LogP contribution < -0.4 is 5.32 Å². The van der Waals surface area contributed by atoms with Crippen LogP contribution in [-0.4, -0.2) is 27.8 Å². The van der Waals surface area contributed by atoms with Crippen molar-refractivity contribution in [2.24, 2.45) is 0 Å². The number of benzene rings is 2. The zero-order valence-corrected chi connectivity index (χ0v) is 14.5. The molecule has 1 N–H and O–H groups in total. The van der Waals surface area contributed by atoms with Gasteiger partial charge in [-0.25, -0.2) is 9.48 Å². The minimum absolute atomic E-state index is 0.00763. The predicted octanol–water partition coefficient (Wildman–Crippen LogP) is 3.77. The van der Waals surface area contributed by atoms with Gasteiger partial charge in [0.25, 0.3) is 0 Å². The second kappa shape index (κ2) is 7.66. The van der Waals surface area contributed by atoms with Crippen molar-refractivity contribution < 1.29 is 4.79 Å². The number of nitrogens with zero attached hydrogens (tertiary/aromatic N) is 3. The van der Waals surface area contributed by atoms with Gasteiger partial charge in [0.1, 0.15) is 0 Å². The standard InChI is InChI=1S/C20H22N4O/c1-16(18-9-5-3-6-10-18)23(2)20(25)21-13-17-14-22-24(15-17)19-11-7-4-8-12-19/h3-12,14-16H,13H2,1-2H3,(H,21,25)/t16-/m0/s1. The van der Waals surface area contributed by atoms with E-state index in [1.165, 1.54) is 0 Å². The molecule has 1 atom stereocenters. The molecule has 3 rings (SSSR count). The first-order chi connectivity index (χ1) is 12.1. The van der Waals surface area contributed by atoms with Gasteiger partial charge in [-0.3, -0.25) is 0 Å². The second-order valence-electron chi connectivity index (χ2n) is 5.98. The summed E-state index contributed by atoms with van der Waals surface area (Å²) in [4.78, 5) is 14.1. The summed E-state index contributed by atoms with van der Waals surface area (Å²) in [6, 6.07) is 19.8. The van der Waals surface area contributed by atoms with Gasteiger partial charge in [-0.2, -0.15) is 5.10 Å². The van der Waals surface area contributed by atoms with Crippen molar-refractivity contribution >= 4 is 6.03 Å². The number of hydrogen-bond donors (Lipinski definition) is 1. The van der Waals surface area contributed by atoms with Crippen LogP contribution in [0.25, 0.3) is 5.69 Å². The average Bonchev–Trinajstić information content (AvgIpc) is 3.15. The number of para-hydroxylation sites is 1. The lowest BCUT2D eigenvalue weighted by Crippen LogP contribution is -2.38. The number of aromatic nitrogens is 2. The summed E-state index contributed by atoms with van der Waals surface area (Å²) >= 11 is 0. The molecular weight excluding hydrogens is 312 g/mol. The fourth-order valence-electron chi connectivity index (χ4n) is 2.61. The first-order valence-corrected chi connectivity index (χ1v) is 8.29. The van der Waals surface area contributed by atoms with Crippen molar-refractivity contribution in [1.29, 1.82) is 0 Å². The van der Waals surface area contributed by atoms with Crippen LogP contribution in [0.15, 0.2) is 73.1 Å². The molecule has 0 saturated carbocycles. The second-order valence-corrected chi connectivity index (χ2v) is 5.98. The van der Waals surface area contributed by atoms with E-state index in [1.807, 2.05) is 73.8 Å². The topological polar surface area (TPSA) is 50.2 Å². The van der Waals surface area contributed by atoms with Gasteiger partial charge in [-0.1, -0.05) is 48.5 Å². The Bertz CT molecular complexity index is 814. The number of rotatable bonds is 5. The van der Waals surface area contributed by atoms with Gasteiger partial charge in [-0.05, 0) is 24.6 Å². The highest BCUT2D eigenvalue weighted by atomic mass is 16.2. The van der Waals surface area contributed by atoms with Gasteiger partial charge >= 0.3 is 6.03 Å². The highest BCUT2D eigenvalue weighted by Crippen LogP contribution is 2.18. The van der Waals surface area contributed by atoms with Crippen LogP contribution in [0.4, 0.5) is 4.79 Å². The number of nitrogens with one attached hydrogen (secondary N) is 1. The molecule has 0 bridgehead atoms. The zero-order valence-electron chi connectivity index (χ0n) is 14.5. The Morgan fingerprint density at radius 1 is 1.12 bits per heavy atom. The number of amides is 2. The Balaban J connectivity index is 1.58. The number of carbonyl (C=O) groups is 1. The largest absolute Gasteiger partial charge is 0.334 e. The van der Waals surface area contributed by atoms with Crippen LogP contribution >= 0.6 is 0 Å². The Labute approximate surface area is 147 Å². The Morgan fingerprint density at radius 2 is 1.76 bits per heavy atom. The van der Waals surface area contributed by atoms with Crippen LogP contribution in [0.1, 0.15) is 24.1 Å². The third-order valence-electron chi connectivity index (χ3n) is 4.28. The number of carbonyl (C=O) groups excluding carboxylic acids is 1. The molecule has 0 saturated heterocycles. The molecule has 0 aliphatic rings. The summed E-state index contributed by atoms with van der Waals surface area (Å²) in [5.74, 6) is 0. The molecular formula is C20H22N4O. The van der Waals surface area contributed by atoms with E-state index in [0.29, 0.717) is 6.54 Å². The van der Waals surface area contributed by atoms with Crippen LogP contribution in [0.2, 0.25) is 0 Å². The molecule has 3 aromatic rings. The van der Waals surface area contributed by atoms with Crippen molar-refractivity contribution in [2.45, 2.75) is 19.5 Å². The molecule has 25 heavy (non-hydrogen) atoms. The zero-order chi connectivity index (χ0) is 17.6. The number of hydrogen-bond acceptors (Lipinski definition) is 2. The van der Waals surface area contributed by atoms with Crippen LogP contribution in [0.5, 0.6) is 0 Å². The Hall–Kier alpha value is -3.08. The summed E-state index contributed by atoms with van der Waals surface area (Å²) in [6.45, 7) is 2.46. The summed E-state index contributed by atoms with van der Waals surface area (Å²) in [5, 5.41) is 7.29. The smallest absolute Gasteiger partial charge is 0.317 e. The van der Waals surface area contributed by atoms with Crippen molar-refractivity contribution in [3.05, 3.63) is 84.2 Å². The molecule has 0 aliphatic heterocycles. The van der Waals surface area contributed by atoms with Crippen LogP contribution in [0, 0.1) is 0 Å². The molecule has 128 valence electrons. The number of urea groups is 1. The predicted molar refractivity (Wildman–Crippen MR) is 98.4 cm³/mol. The first kappa shape index (κ1) is 16.8. The van der Waals surface area contributed by atoms with E-state index >= 15 is 0 Å². The molecule has 5 nitrogen and oxygen atoms in total. The van der Waals surface area contributed by atoms with Gasteiger partial charge in [0.05, 0.1) is 17.9 Å². The van der Waals surface area contributed by atoms with E-state index in [-0.39, 0.29) is 12.1 Å². The van der Waals surface area contributed by atoms with Gasteiger partial charge in [0, 0.05) is 25.4 Å². The lowest BCUT2D eigenvalue weighted by atomic mass is 10.1. The lowest BCUT2D eigenvalue weighted by Gasteiger charge is -2.25. The minimum atomic E-state index is -0.108. The fourth-order valence-corrected chi connectivity index (χ4v) is 2.61.